The van der Waals surface area contributed by atoms with Crippen molar-refractivity contribution in [2.24, 2.45) is 0 Å². The molecule has 0 saturated heterocycles. The summed E-state index contributed by atoms with van der Waals surface area (Å²) < 4.78 is 15.7. The number of amides is 1. The van der Waals surface area contributed by atoms with Crippen LogP contribution in [0, 0.1) is 0 Å². The van der Waals surface area contributed by atoms with E-state index in [1.54, 1.807) is 12.1 Å². The number of aliphatic hydroxyl groups is 1. The molecule has 0 fully saturated rings. The van der Waals surface area contributed by atoms with Crippen LogP contribution in [0.15, 0.2) is 12.1 Å². The Morgan fingerprint density at radius 2 is 1.86 bits per heavy atom. The van der Waals surface area contributed by atoms with Crippen LogP contribution < -0.4 is 19.5 Å². The van der Waals surface area contributed by atoms with E-state index in [1.807, 2.05) is 6.92 Å². The zero-order valence-electron chi connectivity index (χ0n) is 12.9. The monoisotopic (exact) mass is 297 g/mol. The van der Waals surface area contributed by atoms with Gasteiger partial charge in [0.05, 0.1) is 26.9 Å². The van der Waals surface area contributed by atoms with E-state index in [0.29, 0.717) is 35.7 Å². The Labute approximate surface area is 125 Å². The number of hydrogen-bond donors (Lipinski definition) is 2. The number of carbonyl (C=O) groups excluding carboxylic acids is 1. The Morgan fingerprint density at radius 3 is 2.38 bits per heavy atom. The Balaban J connectivity index is 2.99. The van der Waals surface area contributed by atoms with Gasteiger partial charge < -0.3 is 24.6 Å². The zero-order valence-corrected chi connectivity index (χ0v) is 12.9. The van der Waals surface area contributed by atoms with Gasteiger partial charge >= 0.3 is 0 Å². The highest BCUT2D eigenvalue weighted by atomic mass is 16.5. The average molecular weight is 297 g/mol. The van der Waals surface area contributed by atoms with E-state index >= 15 is 0 Å². The lowest BCUT2D eigenvalue weighted by molar-refractivity contribution is 0.0932. The molecule has 6 nitrogen and oxygen atoms in total. The minimum Gasteiger partial charge on any atom is -0.493 e. The third-order valence-electron chi connectivity index (χ3n) is 3.12. The molecule has 21 heavy (non-hydrogen) atoms. The van der Waals surface area contributed by atoms with Gasteiger partial charge in [-0.1, -0.05) is 0 Å². The lowest BCUT2D eigenvalue weighted by Crippen LogP contribution is -2.33. The Hall–Kier alpha value is -1.95. The maximum Gasteiger partial charge on any atom is 0.255 e. The van der Waals surface area contributed by atoms with Gasteiger partial charge in [-0.3, -0.25) is 4.79 Å². The summed E-state index contributed by atoms with van der Waals surface area (Å²) in [7, 11) is 4.49. The van der Waals surface area contributed by atoms with Gasteiger partial charge in [0, 0.05) is 12.6 Å². The number of rotatable bonds is 8. The van der Waals surface area contributed by atoms with Crippen molar-refractivity contribution in [1.82, 2.24) is 5.32 Å². The number of methoxy groups -OCH3 is 3. The fraction of sp³-hybridized carbons (Fsp3) is 0.533. The van der Waals surface area contributed by atoms with Gasteiger partial charge in [-0.15, -0.1) is 0 Å². The molecular formula is C15H23NO5. The maximum atomic E-state index is 12.3. The molecule has 0 aliphatic rings. The van der Waals surface area contributed by atoms with Crippen molar-refractivity contribution in [3.63, 3.8) is 0 Å². The summed E-state index contributed by atoms with van der Waals surface area (Å²) in [6, 6.07) is 3.26. The fourth-order valence-electron chi connectivity index (χ4n) is 2.05. The molecule has 1 unspecified atom stereocenters. The molecule has 0 bridgehead atoms. The van der Waals surface area contributed by atoms with Gasteiger partial charge in [0.15, 0.2) is 11.5 Å². The number of aliphatic hydroxyl groups excluding tert-OH is 1. The summed E-state index contributed by atoms with van der Waals surface area (Å²) in [6.07, 6.45) is 1.35. The predicted octanol–water partition coefficient (Wildman–Crippen LogP) is 1.60. The van der Waals surface area contributed by atoms with Crippen LogP contribution >= 0.6 is 0 Å². The molecule has 118 valence electrons. The van der Waals surface area contributed by atoms with Crippen molar-refractivity contribution in [2.75, 3.05) is 27.9 Å². The van der Waals surface area contributed by atoms with Crippen LogP contribution in [0.1, 0.15) is 30.1 Å². The third-order valence-corrected chi connectivity index (χ3v) is 3.12. The number of hydrogen-bond acceptors (Lipinski definition) is 5. The van der Waals surface area contributed by atoms with Crippen LogP contribution in [0.2, 0.25) is 0 Å². The van der Waals surface area contributed by atoms with Crippen molar-refractivity contribution in [3.8, 4) is 17.2 Å². The van der Waals surface area contributed by atoms with E-state index in [2.05, 4.69) is 5.32 Å². The normalized spacial score (nSPS) is 11.7. The first-order valence-corrected chi connectivity index (χ1v) is 6.79. The van der Waals surface area contributed by atoms with Crippen molar-refractivity contribution < 1.29 is 24.1 Å². The largest absolute Gasteiger partial charge is 0.493 e. The highest BCUT2D eigenvalue weighted by Crippen LogP contribution is 2.39. The number of benzene rings is 1. The SMILES string of the molecule is COc1ccc(C(=O)NC(C)CCCO)c(OC)c1OC. The van der Waals surface area contributed by atoms with Gasteiger partial charge in [0.2, 0.25) is 5.75 Å². The molecule has 1 aromatic carbocycles. The van der Waals surface area contributed by atoms with Crippen LogP contribution in [0.4, 0.5) is 0 Å². The van der Waals surface area contributed by atoms with Crippen LogP contribution in [-0.2, 0) is 0 Å². The molecule has 6 heteroatoms. The molecule has 2 N–H and O–H groups in total. The van der Waals surface area contributed by atoms with Crippen molar-refractivity contribution in [2.45, 2.75) is 25.8 Å². The highest BCUT2D eigenvalue weighted by Gasteiger charge is 2.21. The van der Waals surface area contributed by atoms with E-state index in [4.69, 9.17) is 19.3 Å². The first-order valence-electron chi connectivity index (χ1n) is 6.79. The van der Waals surface area contributed by atoms with Gasteiger partial charge in [-0.05, 0) is 31.9 Å². The van der Waals surface area contributed by atoms with E-state index < -0.39 is 0 Å². The second-order valence-corrected chi connectivity index (χ2v) is 4.62. The van der Waals surface area contributed by atoms with E-state index in [9.17, 15) is 4.79 Å². The van der Waals surface area contributed by atoms with Crippen LogP contribution in [0.25, 0.3) is 0 Å². The molecule has 1 rings (SSSR count). The minimum absolute atomic E-state index is 0.0394. The van der Waals surface area contributed by atoms with Gasteiger partial charge in [-0.2, -0.15) is 0 Å². The molecule has 0 radical (unpaired) electrons. The Morgan fingerprint density at radius 1 is 1.19 bits per heavy atom. The smallest absolute Gasteiger partial charge is 0.255 e. The summed E-state index contributed by atoms with van der Waals surface area (Å²) in [5, 5.41) is 11.7. The van der Waals surface area contributed by atoms with E-state index in [1.165, 1.54) is 21.3 Å². The van der Waals surface area contributed by atoms with E-state index in [-0.39, 0.29) is 18.6 Å². The minimum atomic E-state index is -0.252. The summed E-state index contributed by atoms with van der Waals surface area (Å²) in [6.45, 7) is 2.00. The molecule has 0 saturated carbocycles. The highest BCUT2D eigenvalue weighted by molar-refractivity contribution is 5.98. The zero-order chi connectivity index (χ0) is 15.8. The average Bonchev–Trinajstić information content (AvgIpc) is 2.50. The van der Waals surface area contributed by atoms with Gasteiger partial charge in [0.25, 0.3) is 5.91 Å². The standard InChI is InChI=1S/C15H23NO5/c1-10(6-5-9-17)16-15(18)11-7-8-12(19-2)14(21-4)13(11)20-3/h7-8,10,17H,5-6,9H2,1-4H3,(H,16,18). The van der Waals surface area contributed by atoms with Crippen molar-refractivity contribution in [1.29, 1.82) is 0 Å². The number of carbonyl (C=O) groups is 1. The van der Waals surface area contributed by atoms with Crippen LogP contribution in [0.3, 0.4) is 0 Å². The number of ether oxygens (including phenoxy) is 3. The molecule has 1 aromatic rings. The molecule has 0 spiro atoms. The predicted molar refractivity (Wildman–Crippen MR) is 79.3 cm³/mol. The second-order valence-electron chi connectivity index (χ2n) is 4.62. The van der Waals surface area contributed by atoms with Crippen molar-refractivity contribution >= 4 is 5.91 Å². The van der Waals surface area contributed by atoms with Gasteiger partial charge in [0.1, 0.15) is 0 Å². The molecule has 0 aliphatic heterocycles. The maximum absolute atomic E-state index is 12.3. The molecule has 0 aliphatic carbocycles. The first-order chi connectivity index (χ1) is 10.1. The molecule has 1 amide bonds. The van der Waals surface area contributed by atoms with Crippen LogP contribution in [-0.4, -0.2) is 45.0 Å². The fourth-order valence-corrected chi connectivity index (χ4v) is 2.05. The molecule has 1 atom stereocenters. The van der Waals surface area contributed by atoms with Gasteiger partial charge in [-0.25, -0.2) is 0 Å². The Bertz CT molecular complexity index is 475. The lowest BCUT2D eigenvalue weighted by atomic mass is 10.1. The topological polar surface area (TPSA) is 77.0 Å². The summed E-state index contributed by atoms with van der Waals surface area (Å²) in [4.78, 5) is 12.3. The summed E-state index contributed by atoms with van der Waals surface area (Å²) in [5.41, 5.74) is 0.381. The quantitative estimate of drug-likeness (QED) is 0.762. The van der Waals surface area contributed by atoms with E-state index in [0.717, 1.165) is 0 Å². The summed E-state index contributed by atoms with van der Waals surface area (Å²) >= 11 is 0. The molecular weight excluding hydrogens is 274 g/mol. The molecule has 0 aromatic heterocycles. The summed E-state index contributed by atoms with van der Waals surface area (Å²) in [5.74, 6) is 0.969. The first kappa shape index (κ1) is 17.1. The molecule has 0 heterocycles. The lowest BCUT2D eigenvalue weighted by Gasteiger charge is -2.17. The third kappa shape index (κ3) is 4.26. The van der Waals surface area contributed by atoms with Crippen LogP contribution in [0.5, 0.6) is 17.2 Å². The second kappa shape index (κ2) is 8.36. The Kier molecular flexibility index (Phi) is 6.81. The number of nitrogens with one attached hydrogen (secondary N) is 1. The van der Waals surface area contributed by atoms with Crippen molar-refractivity contribution in [3.05, 3.63) is 17.7 Å².